The van der Waals surface area contributed by atoms with Gasteiger partial charge in [-0.25, -0.2) is 4.79 Å². The van der Waals surface area contributed by atoms with Crippen molar-refractivity contribution in [3.63, 3.8) is 0 Å². The van der Waals surface area contributed by atoms with E-state index < -0.39 is 0 Å². The Labute approximate surface area is 182 Å². The maximum absolute atomic E-state index is 11.8. The van der Waals surface area contributed by atoms with Gasteiger partial charge in [0.2, 0.25) is 0 Å². The lowest BCUT2D eigenvalue weighted by atomic mass is 10.1. The second kappa shape index (κ2) is 19.2. The maximum Gasteiger partial charge on any atom is 0.333 e. The van der Waals surface area contributed by atoms with E-state index in [1.54, 1.807) is 6.92 Å². The Balaban J connectivity index is 4.63. The van der Waals surface area contributed by atoms with E-state index >= 15 is 0 Å². The lowest BCUT2D eigenvalue weighted by Gasteiger charge is -2.39. The summed E-state index contributed by atoms with van der Waals surface area (Å²) in [6.45, 7) is 17.5. The van der Waals surface area contributed by atoms with E-state index in [2.05, 4.69) is 27.4 Å². The number of hydrogen-bond donors (Lipinski definition) is 0. The van der Waals surface area contributed by atoms with Gasteiger partial charge in [0.05, 0.1) is 19.6 Å². The molecule has 0 spiro atoms. The van der Waals surface area contributed by atoms with Crippen LogP contribution in [0.2, 0.25) is 0 Å². The Bertz CT molecular complexity index is 408. The molecule has 0 aromatic rings. The molecule has 0 aliphatic rings. The molecule has 0 amide bonds. The second-order valence-electron chi connectivity index (χ2n) is 9.04. The van der Waals surface area contributed by atoms with E-state index in [0.717, 1.165) is 11.0 Å². The standard InChI is InChI=1S/C26H52NO2/c1-6-9-12-14-15-16-17-19-22-27(20-11-8-3,21-18-13-10-7-2)23-24-29-26(28)25(4)5/h4,6-24H2,1-3,5H3/q+1. The van der Waals surface area contributed by atoms with Gasteiger partial charge in [0, 0.05) is 5.57 Å². The van der Waals surface area contributed by atoms with Gasteiger partial charge in [-0.2, -0.15) is 0 Å². The number of carbonyl (C=O) groups is 1. The minimum absolute atomic E-state index is 0.239. The Morgan fingerprint density at radius 3 is 1.55 bits per heavy atom. The van der Waals surface area contributed by atoms with Gasteiger partial charge in [0.15, 0.2) is 0 Å². The molecule has 3 heteroatoms. The molecule has 0 saturated carbocycles. The third-order valence-electron chi connectivity index (χ3n) is 6.11. The largest absolute Gasteiger partial charge is 0.456 e. The molecule has 0 saturated heterocycles. The summed E-state index contributed by atoms with van der Waals surface area (Å²) in [6.07, 6.45) is 18.7. The SMILES string of the molecule is C=C(C)C(=O)OCC[N+](CCCC)(CCCCCC)CCCCCCCCCC. The Kier molecular flexibility index (Phi) is 18.6. The highest BCUT2D eigenvalue weighted by Crippen LogP contribution is 2.17. The molecule has 0 rings (SSSR count). The van der Waals surface area contributed by atoms with E-state index in [1.165, 1.54) is 110 Å². The molecule has 0 aliphatic heterocycles. The lowest BCUT2D eigenvalue weighted by Crippen LogP contribution is -2.52. The molecule has 1 atom stereocenters. The van der Waals surface area contributed by atoms with Crippen molar-refractivity contribution < 1.29 is 14.0 Å². The number of hydrogen-bond acceptors (Lipinski definition) is 2. The fourth-order valence-electron chi connectivity index (χ4n) is 4.07. The first-order valence-corrected chi connectivity index (χ1v) is 12.7. The van der Waals surface area contributed by atoms with E-state index in [4.69, 9.17) is 4.74 Å². The number of carbonyl (C=O) groups excluding carboxylic acids is 1. The average molecular weight is 411 g/mol. The van der Waals surface area contributed by atoms with Crippen LogP contribution in [0.3, 0.4) is 0 Å². The van der Waals surface area contributed by atoms with Crippen LogP contribution in [0.5, 0.6) is 0 Å². The van der Waals surface area contributed by atoms with Gasteiger partial charge in [0.25, 0.3) is 0 Å². The highest BCUT2D eigenvalue weighted by Gasteiger charge is 2.26. The van der Waals surface area contributed by atoms with Crippen molar-refractivity contribution in [1.29, 1.82) is 0 Å². The van der Waals surface area contributed by atoms with Crippen molar-refractivity contribution in [2.24, 2.45) is 0 Å². The zero-order valence-electron chi connectivity index (χ0n) is 20.4. The number of unbranched alkanes of at least 4 members (excludes halogenated alkanes) is 11. The number of ether oxygens (including phenoxy) is 1. The van der Waals surface area contributed by atoms with Crippen molar-refractivity contribution >= 4 is 5.97 Å². The molecule has 1 unspecified atom stereocenters. The molecule has 3 nitrogen and oxygen atoms in total. The first kappa shape index (κ1) is 28.2. The predicted octanol–water partition coefficient (Wildman–Crippen LogP) is 7.44. The normalized spacial score (nSPS) is 13.2. The van der Waals surface area contributed by atoms with Crippen molar-refractivity contribution in [3.05, 3.63) is 12.2 Å². The fourth-order valence-corrected chi connectivity index (χ4v) is 4.07. The van der Waals surface area contributed by atoms with E-state index in [0.29, 0.717) is 12.2 Å². The van der Waals surface area contributed by atoms with Gasteiger partial charge in [0.1, 0.15) is 13.2 Å². The van der Waals surface area contributed by atoms with E-state index in [-0.39, 0.29) is 5.97 Å². The van der Waals surface area contributed by atoms with Crippen molar-refractivity contribution in [1.82, 2.24) is 0 Å². The van der Waals surface area contributed by atoms with Crippen LogP contribution < -0.4 is 0 Å². The minimum Gasteiger partial charge on any atom is -0.456 e. The number of nitrogens with zero attached hydrogens (tertiary/aromatic N) is 1. The summed E-state index contributed by atoms with van der Waals surface area (Å²) in [6, 6.07) is 0. The summed E-state index contributed by atoms with van der Waals surface area (Å²) in [5, 5.41) is 0. The second-order valence-corrected chi connectivity index (χ2v) is 9.04. The average Bonchev–Trinajstić information content (AvgIpc) is 2.71. The molecule has 0 heterocycles. The maximum atomic E-state index is 11.8. The zero-order chi connectivity index (χ0) is 21.8. The molecule has 0 aliphatic carbocycles. The lowest BCUT2D eigenvalue weighted by molar-refractivity contribution is -0.929. The first-order chi connectivity index (χ1) is 14.0. The van der Waals surface area contributed by atoms with Crippen LogP contribution in [-0.4, -0.2) is 43.2 Å². The molecular weight excluding hydrogens is 358 g/mol. The summed E-state index contributed by atoms with van der Waals surface area (Å²) >= 11 is 0. The van der Waals surface area contributed by atoms with Crippen molar-refractivity contribution in [2.75, 3.05) is 32.8 Å². The van der Waals surface area contributed by atoms with Gasteiger partial charge in [-0.1, -0.05) is 85.1 Å². The van der Waals surface area contributed by atoms with Gasteiger partial charge in [-0.3, -0.25) is 0 Å². The molecule has 0 N–H and O–H groups in total. The minimum atomic E-state index is -0.239. The van der Waals surface area contributed by atoms with Gasteiger partial charge in [-0.05, 0) is 39.0 Å². The first-order valence-electron chi connectivity index (χ1n) is 12.7. The third-order valence-corrected chi connectivity index (χ3v) is 6.11. The quantitative estimate of drug-likeness (QED) is 0.0850. The third kappa shape index (κ3) is 15.6. The molecule has 0 aromatic carbocycles. The van der Waals surface area contributed by atoms with Crippen molar-refractivity contribution in [2.45, 2.75) is 118 Å². The predicted molar refractivity (Wildman–Crippen MR) is 127 cm³/mol. The summed E-state index contributed by atoms with van der Waals surface area (Å²) in [5.41, 5.74) is 0.502. The van der Waals surface area contributed by atoms with Gasteiger partial charge in [-0.15, -0.1) is 0 Å². The van der Waals surface area contributed by atoms with E-state index in [9.17, 15) is 4.79 Å². The number of rotatable bonds is 21. The highest BCUT2D eigenvalue weighted by atomic mass is 16.5. The number of esters is 1. The van der Waals surface area contributed by atoms with Crippen LogP contribution in [0.1, 0.15) is 118 Å². The fraction of sp³-hybridized carbons (Fsp3) is 0.885. The van der Waals surface area contributed by atoms with Crippen LogP contribution in [0.15, 0.2) is 12.2 Å². The Morgan fingerprint density at radius 2 is 1.07 bits per heavy atom. The van der Waals surface area contributed by atoms with Crippen molar-refractivity contribution in [3.8, 4) is 0 Å². The topological polar surface area (TPSA) is 26.3 Å². The molecule has 0 fully saturated rings. The molecule has 0 bridgehead atoms. The summed E-state index contributed by atoms with van der Waals surface area (Å²) in [4.78, 5) is 11.8. The summed E-state index contributed by atoms with van der Waals surface area (Å²) in [7, 11) is 0. The summed E-state index contributed by atoms with van der Waals surface area (Å²) < 4.78 is 6.63. The van der Waals surface area contributed by atoms with Gasteiger partial charge >= 0.3 is 5.97 Å². The van der Waals surface area contributed by atoms with Crippen LogP contribution in [0.4, 0.5) is 0 Å². The van der Waals surface area contributed by atoms with Crippen LogP contribution in [0, 0.1) is 0 Å². The highest BCUT2D eigenvalue weighted by molar-refractivity contribution is 5.86. The van der Waals surface area contributed by atoms with Crippen LogP contribution in [0.25, 0.3) is 0 Å². The molecule has 0 radical (unpaired) electrons. The zero-order valence-corrected chi connectivity index (χ0v) is 20.4. The smallest absolute Gasteiger partial charge is 0.333 e. The Morgan fingerprint density at radius 1 is 0.655 bits per heavy atom. The molecule has 29 heavy (non-hydrogen) atoms. The number of quaternary nitrogens is 1. The molecular formula is C26H52NO2+. The van der Waals surface area contributed by atoms with Crippen LogP contribution in [-0.2, 0) is 9.53 Å². The monoisotopic (exact) mass is 410 g/mol. The Hall–Kier alpha value is -0.830. The molecule has 172 valence electrons. The van der Waals surface area contributed by atoms with E-state index in [1.807, 2.05) is 0 Å². The molecule has 0 aromatic heterocycles. The summed E-state index contributed by atoms with van der Waals surface area (Å²) in [5.74, 6) is -0.239. The van der Waals surface area contributed by atoms with Crippen LogP contribution >= 0.6 is 0 Å². The van der Waals surface area contributed by atoms with Gasteiger partial charge < -0.3 is 9.22 Å².